The highest BCUT2D eigenvalue weighted by atomic mass is 15.1. The molecule has 0 radical (unpaired) electrons. The van der Waals surface area contributed by atoms with Gasteiger partial charge in [0.15, 0.2) is 0 Å². The van der Waals surface area contributed by atoms with Gasteiger partial charge in [0.1, 0.15) is 12.1 Å². The number of benzene rings is 1. The number of nitrogens with zero attached hydrogens (tertiary/aromatic N) is 2. The molecule has 0 spiro atoms. The van der Waals surface area contributed by atoms with Crippen molar-refractivity contribution in [2.75, 3.05) is 11.1 Å². The third kappa shape index (κ3) is 2.70. The summed E-state index contributed by atoms with van der Waals surface area (Å²) in [7, 11) is 0. The molecule has 18 heavy (non-hydrogen) atoms. The molecule has 0 unspecified atom stereocenters. The molecular formula is C14H20N4. The average Bonchev–Trinajstić information content (AvgIpc) is 2.29. The Morgan fingerprint density at radius 2 is 2.06 bits per heavy atom. The van der Waals surface area contributed by atoms with E-state index in [0.717, 1.165) is 35.2 Å². The number of aromatic nitrogens is 2. The Morgan fingerprint density at radius 3 is 2.78 bits per heavy atom. The van der Waals surface area contributed by atoms with E-state index in [1.807, 2.05) is 18.2 Å². The van der Waals surface area contributed by atoms with E-state index in [9.17, 15) is 0 Å². The van der Waals surface area contributed by atoms with Crippen LogP contribution in [-0.4, -0.2) is 15.5 Å². The number of hydrogen-bond acceptors (Lipinski definition) is 4. The maximum Gasteiger partial charge on any atom is 0.137 e. The van der Waals surface area contributed by atoms with Crippen molar-refractivity contribution in [3.8, 4) is 0 Å². The quantitative estimate of drug-likeness (QED) is 0.811. The third-order valence-corrected chi connectivity index (χ3v) is 2.99. The molecule has 1 aromatic carbocycles. The molecule has 0 aliphatic carbocycles. The van der Waals surface area contributed by atoms with Crippen LogP contribution in [0.2, 0.25) is 0 Å². The zero-order chi connectivity index (χ0) is 13.2. The van der Waals surface area contributed by atoms with Crippen molar-refractivity contribution in [2.24, 2.45) is 0 Å². The molecule has 4 heteroatoms. The Labute approximate surface area is 108 Å². The van der Waals surface area contributed by atoms with Gasteiger partial charge in [-0.25, -0.2) is 9.97 Å². The summed E-state index contributed by atoms with van der Waals surface area (Å²) >= 11 is 0. The highest BCUT2D eigenvalue weighted by molar-refractivity contribution is 5.91. The molecule has 0 aliphatic rings. The minimum Gasteiger partial charge on any atom is -0.399 e. The van der Waals surface area contributed by atoms with Crippen molar-refractivity contribution < 1.29 is 0 Å². The standard InChI is InChI=1S/C14H20N4/c1-4-7-14(2,3)18-13-11-8-10(15)5-6-12(11)16-9-17-13/h5-6,8-9H,4,7,15H2,1-3H3,(H,16,17,18). The first-order chi connectivity index (χ1) is 8.52. The van der Waals surface area contributed by atoms with Gasteiger partial charge in [0.2, 0.25) is 0 Å². The molecule has 2 rings (SSSR count). The van der Waals surface area contributed by atoms with E-state index in [1.54, 1.807) is 6.33 Å². The van der Waals surface area contributed by atoms with Gasteiger partial charge in [-0.1, -0.05) is 13.3 Å². The predicted molar refractivity (Wildman–Crippen MR) is 76.6 cm³/mol. The fraction of sp³-hybridized carbons (Fsp3) is 0.429. The van der Waals surface area contributed by atoms with E-state index >= 15 is 0 Å². The Balaban J connectivity index is 2.41. The molecule has 96 valence electrons. The summed E-state index contributed by atoms with van der Waals surface area (Å²) in [5, 5.41) is 4.46. The van der Waals surface area contributed by atoms with Crippen molar-refractivity contribution >= 4 is 22.4 Å². The summed E-state index contributed by atoms with van der Waals surface area (Å²) in [6.45, 7) is 6.53. The van der Waals surface area contributed by atoms with Crippen molar-refractivity contribution in [3.05, 3.63) is 24.5 Å². The van der Waals surface area contributed by atoms with E-state index in [0.29, 0.717) is 0 Å². The number of nitrogens with two attached hydrogens (primary N) is 1. The van der Waals surface area contributed by atoms with Gasteiger partial charge in [0, 0.05) is 16.6 Å². The maximum absolute atomic E-state index is 5.83. The van der Waals surface area contributed by atoms with Crippen LogP contribution in [0.25, 0.3) is 10.9 Å². The van der Waals surface area contributed by atoms with Gasteiger partial charge in [-0.3, -0.25) is 0 Å². The number of fused-ring (bicyclic) bond motifs is 1. The van der Waals surface area contributed by atoms with Gasteiger partial charge in [0.25, 0.3) is 0 Å². The normalized spacial score (nSPS) is 11.7. The molecule has 0 aliphatic heterocycles. The molecule has 0 saturated carbocycles. The van der Waals surface area contributed by atoms with Crippen molar-refractivity contribution in [1.29, 1.82) is 0 Å². The fourth-order valence-corrected chi connectivity index (χ4v) is 2.18. The van der Waals surface area contributed by atoms with Gasteiger partial charge < -0.3 is 11.1 Å². The molecule has 0 atom stereocenters. The summed E-state index contributed by atoms with van der Waals surface area (Å²) in [6.07, 6.45) is 3.80. The zero-order valence-corrected chi connectivity index (χ0v) is 11.2. The molecular weight excluding hydrogens is 224 g/mol. The lowest BCUT2D eigenvalue weighted by molar-refractivity contribution is 0.509. The smallest absolute Gasteiger partial charge is 0.137 e. The van der Waals surface area contributed by atoms with Crippen molar-refractivity contribution in [3.63, 3.8) is 0 Å². The Kier molecular flexibility index (Phi) is 3.36. The first-order valence-corrected chi connectivity index (χ1v) is 6.30. The third-order valence-electron chi connectivity index (χ3n) is 2.99. The van der Waals surface area contributed by atoms with Gasteiger partial charge in [-0.15, -0.1) is 0 Å². The van der Waals surface area contributed by atoms with Gasteiger partial charge in [0.05, 0.1) is 5.52 Å². The van der Waals surface area contributed by atoms with E-state index in [-0.39, 0.29) is 5.54 Å². The second-order valence-electron chi connectivity index (χ2n) is 5.26. The number of nitrogens with one attached hydrogen (secondary N) is 1. The summed E-state index contributed by atoms with van der Waals surface area (Å²) in [5.41, 5.74) is 7.49. The highest BCUT2D eigenvalue weighted by Crippen LogP contribution is 2.25. The van der Waals surface area contributed by atoms with E-state index < -0.39 is 0 Å². The van der Waals surface area contributed by atoms with Crippen LogP contribution in [0.3, 0.4) is 0 Å². The Morgan fingerprint density at radius 1 is 1.28 bits per heavy atom. The second-order valence-corrected chi connectivity index (χ2v) is 5.26. The number of anilines is 2. The molecule has 3 N–H and O–H groups in total. The molecule has 0 fully saturated rings. The van der Waals surface area contributed by atoms with Gasteiger partial charge in [-0.2, -0.15) is 0 Å². The van der Waals surface area contributed by atoms with Crippen LogP contribution in [0.4, 0.5) is 11.5 Å². The lowest BCUT2D eigenvalue weighted by atomic mass is 9.99. The second kappa shape index (κ2) is 4.80. The molecule has 1 heterocycles. The van der Waals surface area contributed by atoms with Crippen molar-refractivity contribution in [1.82, 2.24) is 9.97 Å². The van der Waals surface area contributed by atoms with Crippen molar-refractivity contribution in [2.45, 2.75) is 39.2 Å². The topological polar surface area (TPSA) is 63.8 Å². The first-order valence-electron chi connectivity index (χ1n) is 6.30. The van der Waals surface area contributed by atoms with Crippen LogP contribution in [0.1, 0.15) is 33.6 Å². The number of nitrogen functional groups attached to an aromatic ring is 1. The molecule has 0 amide bonds. The largest absolute Gasteiger partial charge is 0.399 e. The minimum atomic E-state index is 0.0145. The van der Waals surface area contributed by atoms with E-state index in [4.69, 9.17) is 5.73 Å². The summed E-state index contributed by atoms with van der Waals surface area (Å²) < 4.78 is 0. The molecule has 2 aromatic rings. The van der Waals surface area contributed by atoms with Gasteiger partial charge >= 0.3 is 0 Å². The summed E-state index contributed by atoms with van der Waals surface area (Å²) in [5.74, 6) is 0.853. The Bertz CT molecular complexity index is 548. The zero-order valence-electron chi connectivity index (χ0n) is 11.2. The SMILES string of the molecule is CCCC(C)(C)Nc1ncnc2ccc(N)cc12. The molecule has 0 bridgehead atoms. The summed E-state index contributed by atoms with van der Waals surface area (Å²) in [6, 6.07) is 5.69. The fourth-order valence-electron chi connectivity index (χ4n) is 2.18. The van der Waals surface area contributed by atoms with Crippen LogP contribution in [0.5, 0.6) is 0 Å². The van der Waals surface area contributed by atoms with E-state index in [2.05, 4.69) is 36.1 Å². The first kappa shape index (κ1) is 12.6. The van der Waals surface area contributed by atoms with Crippen LogP contribution in [0.15, 0.2) is 24.5 Å². The maximum atomic E-state index is 5.83. The Hall–Kier alpha value is -1.84. The van der Waals surface area contributed by atoms with Crippen LogP contribution in [-0.2, 0) is 0 Å². The van der Waals surface area contributed by atoms with Crippen LogP contribution < -0.4 is 11.1 Å². The molecule has 1 aromatic heterocycles. The van der Waals surface area contributed by atoms with Crippen LogP contribution in [0, 0.1) is 0 Å². The predicted octanol–water partition coefficient (Wildman–Crippen LogP) is 3.20. The number of rotatable bonds is 4. The number of hydrogen-bond donors (Lipinski definition) is 2. The molecule has 0 saturated heterocycles. The minimum absolute atomic E-state index is 0.0145. The summed E-state index contributed by atoms with van der Waals surface area (Å²) in [4.78, 5) is 8.59. The lowest BCUT2D eigenvalue weighted by Crippen LogP contribution is -2.31. The highest BCUT2D eigenvalue weighted by Gasteiger charge is 2.18. The van der Waals surface area contributed by atoms with E-state index in [1.165, 1.54) is 0 Å². The van der Waals surface area contributed by atoms with Crippen LogP contribution >= 0.6 is 0 Å². The lowest BCUT2D eigenvalue weighted by Gasteiger charge is -2.27. The molecule has 4 nitrogen and oxygen atoms in total. The average molecular weight is 244 g/mol. The van der Waals surface area contributed by atoms with Gasteiger partial charge in [-0.05, 0) is 38.5 Å². The monoisotopic (exact) mass is 244 g/mol.